The maximum atomic E-state index is 3.39. The van der Waals surface area contributed by atoms with E-state index in [4.69, 9.17) is 0 Å². The Morgan fingerprint density at radius 3 is 2.56 bits per heavy atom. The first kappa shape index (κ1) is 13.5. The van der Waals surface area contributed by atoms with Crippen LogP contribution >= 0.6 is 11.8 Å². The number of hydrogen-bond acceptors (Lipinski definition) is 2. The third-order valence-corrected chi connectivity index (χ3v) is 4.67. The summed E-state index contributed by atoms with van der Waals surface area (Å²) in [4.78, 5) is 6.99. The average Bonchev–Trinajstić information content (AvgIpc) is 2.79. The van der Waals surface area contributed by atoms with Gasteiger partial charge in [-0.15, -0.1) is 11.8 Å². The summed E-state index contributed by atoms with van der Waals surface area (Å²) in [6, 6.07) is 7.18. The van der Waals surface area contributed by atoms with Crippen LogP contribution in [0.3, 0.4) is 0 Å². The number of rotatable bonds is 4. The molecule has 1 N–H and O–H groups in total. The Kier molecular flexibility index (Phi) is 4.03. The van der Waals surface area contributed by atoms with Crippen LogP contribution in [0.15, 0.2) is 29.3 Å². The fourth-order valence-electron chi connectivity index (χ4n) is 2.33. The number of nitrogens with one attached hydrogen (secondary N) is 1. The van der Waals surface area contributed by atoms with E-state index in [-0.39, 0.29) is 0 Å². The van der Waals surface area contributed by atoms with Crippen molar-refractivity contribution in [3.05, 3.63) is 30.0 Å². The molecule has 18 heavy (non-hydrogen) atoms. The minimum atomic E-state index is 0.519. The molecular weight excluding hydrogens is 240 g/mol. The van der Waals surface area contributed by atoms with E-state index in [0.717, 1.165) is 0 Å². The molecule has 1 heterocycles. The number of aromatic nitrogens is 1. The molecule has 0 radical (unpaired) electrons. The first-order valence-electron chi connectivity index (χ1n) is 6.36. The van der Waals surface area contributed by atoms with Crippen LogP contribution in [0.2, 0.25) is 0 Å². The third kappa shape index (κ3) is 2.43. The zero-order chi connectivity index (χ0) is 13.3. The second-order valence-electron chi connectivity index (χ2n) is 5.15. The Labute approximate surface area is 114 Å². The quantitative estimate of drug-likeness (QED) is 0.842. The zero-order valence-corrected chi connectivity index (χ0v) is 12.6. The van der Waals surface area contributed by atoms with Crippen molar-refractivity contribution in [3.63, 3.8) is 0 Å². The van der Waals surface area contributed by atoms with Gasteiger partial charge < -0.3 is 9.88 Å². The fraction of sp³-hybridized carbons (Fsp3) is 0.467. The Balaban J connectivity index is 2.44. The molecule has 2 nitrogen and oxygen atoms in total. The van der Waals surface area contributed by atoms with Crippen molar-refractivity contribution in [2.45, 2.75) is 30.7 Å². The molecular formula is C15H22N2S. The SMILES string of the molecule is CSc1ccc2[nH]cc(C(C)C(C)N(C)C)c2c1. The van der Waals surface area contributed by atoms with Crippen molar-refractivity contribution < 1.29 is 0 Å². The summed E-state index contributed by atoms with van der Waals surface area (Å²) in [6.07, 6.45) is 4.29. The summed E-state index contributed by atoms with van der Waals surface area (Å²) in [5, 5.41) is 1.36. The van der Waals surface area contributed by atoms with Gasteiger partial charge in [-0.05, 0) is 57.0 Å². The molecule has 0 saturated heterocycles. The molecule has 3 heteroatoms. The molecule has 2 unspecified atom stereocenters. The maximum absolute atomic E-state index is 3.39. The van der Waals surface area contributed by atoms with E-state index in [0.29, 0.717) is 12.0 Å². The van der Waals surface area contributed by atoms with E-state index < -0.39 is 0 Å². The topological polar surface area (TPSA) is 19.0 Å². The molecule has 2 aromatic rings. The Morgan fingerprint density at radius 1 is 1.22 bits per heavy atom. The lowest BCUT2D eigenvalue weighted by molar-refractivity contribution is 0.281. The fourth-order valence-corrected chi connectivity index (χ4v) is 2.77. The van der Waals surface area contributed by atoms with Gasteiger partial charge in [0, 0.05) is 28.0 Å². The van der Waals surface area contributed by atoms with Crippen LogP contribution in [0.25, 0.3) is 10.9 Å². The molecule has 2 atom stereocenters. The van der Waals surface area contributed by atoms with Crippen LogP contribution in [0.4, 0.5) is 0 Å². The third-order valence-electron chi connectivity index (χ3n) is 3.95. The summed E-state index contributed by atoms with van der Waals surface area (Å²) in [6.45, 7) is 4.58. The van der Waals surface area contributed by atoms with Crippen LogP contribution in [0.1, 0.15) is 25.3 Å². The number of nitrogens with zero attached hydrogens (tertiary/aromatic N) is 1. The second kappa shape index (κ2) is 5.37. The maximum Gasteiger partial charge on any atom is 0.0457 e. The second-order valence-corrected chi connectivity index (χ2v) is 6.03. The van der Waals surface area contributed by atoms with E-state index in [1.165, 1.54) is 21.4 Å². The van der Waals surface area contributed by atoms with Gasteiger partial charge in [0.25, 0.3) is 0 Å². The van der Waals surface area contributed by atoms with Crippen LogP contribution < -0.4 is 0 Å². The van der Waals surface area contributed by atoms with Gasteiger partial charge >= 0.3 is 0 Å². The number of aromatic amines is 1. The summed E-state index contributed by atoms with van der Waals surface area (Å²) in [5.41, 5.74) is 2.66. The van der Waals surface area contributed by atoms with Gasteiger partial charge in [-0.2, -0.15) is 0 Å². The number of H-pyrrole nitrogens is 1. The van der Waals surface area contributed by atoms with Crippen LogP contribution in [0.5, 0.6) is 0 Å². The van der Waals surface area contributed by atoms with E-state index >= 15 is 0 Å². The smallest absolute Gasteiger partial charge is 0.0457 e. The van der Waals surface area contributed by atoms with Crippen molar-refractivity contribution >= 4 is 22.7 Å². The largest absolute Gasteiger partial charge is 0.361 e. The van der Waals surface area contributed by atoms with E-state index in [9.17, 15) is 0 Å². The highest BCUT2D eigenvalue weighted by molar-refractivity contribution is 7.98. The molecule has 0 saturated carbocycles. The number of benzene rings is 1. The standard InChI is InChI=1S/C15H22N2S/c1-10(11(2)17(3)4)14-9-16-15-7-6-12(18-5)8-13(14)15/h6-11,16H,1-5H3. The Bertz CT molecular complexity index is 530. The number of thioether (sulfide) groups is 1. The predicted molar refractivity (Wildman–Crippen MR) is 81.6 cm³/mol. The molecule has 0 aliphatic carbocycles. The molecule has 0 aliphatic rings. The van der Waals surface area contributed by atoms with E-state index in [2.05, 4.69) is 68.5 Å². The molecule has 0 spiro atoms. The monoisotopic (exact) mass is 262 g/mol. The molecule has 0 fully saturated rings. The van der Waals surface area contributed by atoms with E-state index in [1.807, 2.05) is 0 Å². The van der Waals surface area contributed by atoms with E-state index in [1.54, 1.807) is 11.8 Å². The van der Waals surface area contributed by atoms with Crippen LogP contribution in [-0.4, -0.2) is 36.3 Å². The molecule has 0 aliphatic heterocycles. The minimum Gasteiger partial charge on any atom is -0.361 e. The van der Waals surface area contributed by atoms with Crippen molar-refractivity contribution in [2.75, 3.05) is 20.4 Å². The summed E-state index contributed by atoms with van der Waals surface area (Å²) < 4.78 is 0. The molecule has 1 aromatic carbocycles. The average molecular weight is 262 g/mol. The lowest BCUT2D eigenvalue weighted by Crippen LogP contribution is -2.29. The summed E-state index contributed by atoms with van der Waals surface area (Å²) in [7, 11) is 4.28. The van der Waals surface area contributed by atoms with Gasteiger partial charge in [-0.25, -0.2) is 0 Å². The Morgan fingerprint density at radius 2 is 1.94 bits per heavy atom. The summed E-state index contributed by atoms with van der Waals surface area (Å²) in [5.74, 6) is 0.519. The van der Waals surface area contributed by atoms with Crippen molar-refractivity contribution in [1.82, 2.24) is 9.88 Å². The van der Waals surface area contributed by atoms with Crippen molar-refractivity contribution in [1.29, 1.82) is 0 Å². The van der Waals surface area contributed by atoms with Gasteiger partial charge in [0.05, 0.1) is 0 Å². The van der Waals surface area contributed by atoms with Gasteiger partial charge in [0.15, 0.2) is 0 Å². The van der Waals surface area contributed by atoms with Crippen molar-refractivity contribution in [3.8, 4) is 0 Å². The number of fused-ring (bicyclic) bond motifs is 1. The summed E-state index contributed by atoms with van der Waals surface area (Å²) >= 11 is 1.80. The highest BCUT2D eigenvalue weighted by Crippen LogP contribution is 2.31. The highest BCUT2D eigenvalue weighted by Gasteiger charge is 2.19. The molecule has 0 amide bonds. The predicted octanol–water partition coefficient (Wildman–Crippen LogP) is 3.94. The Hall–Kier alpha value is -0.930. The van der Waals surface area contributed by atoms with Gasteiger partial charge in [0.2, 0.25) is 0 Å². The normalized spacial score (nSPS) is 15.2. The lowest BCUT2D eigenvalue weighted by Gasteiger charge is -2.26. The molecule has 1 aromatic heterocycles. The van der Waals surface area contributed by atoms with Crippen LogP contribution in [0, 0.1) is 0 Å². The van der Waals surface area contributed by atoms with Crippen LogP contribution in [-0.2, 0) is 0 Å². The zero-order valence-electron chi connectivity index (χ0n) is 11.8. The van der Waals surface area contributed by atoms with Crippen molar-refractivity contribution in [2.24, 2.45) is 0 Å². The first-order chi connectivity index (χ1) is 8.54. The minimum absolute atomic E-state index is 0.519. The van der Waals surface area contributed by atoms with Gasteiger partial charge in [0.1, 0.15) is 0 Å². The first-order valence-corrected chi connectivity index (χ1v) is 7.58. The molecule has 98 valence electrons. The van der Waals surface area contributed by atoms with Gasteiger partial charge in [-0.3, -0.25) is 0 Å². The molecule has 0 bridgehead atoms. The lowest BCUT2D eigenvalue weighted by atomic mass is 9.93. The number of likely N-dealkylation sites (N-methyl/N-ethyl adjacent to an activating group) is 1. The number of hydrogen-bond donors (Lipinski definition) is 1. The molecule has 2 rings (SSSR count). The van der Waals surface area contributed by atoms with Gasteiger partial charge in [-0.1, -0.05) is 6.92 Å². The highest BCUT2D eigenvalue weighted by atomic mass is 32.2.